The quantitative estimate of drug-likeness (QED) is 0.0827. The molecule has 0 aliphatic carbocycles. The Morgan fingerprint density at radius 2 is 1.67 bits per heavy atom. The molecular formula is C30H51N5O10S. The van der Waals surface area contributed by atoms with E-state index < -0.39 is 35.4 Å². The molecule has 0 radical (unpaired) electrons. The summed E-state index contributed by atoms with van der Waals surface area (Å²) < 4.78 is 22.2. The Balaban J connectivity index is 1.26. The number of urea groups is 1. The molecule has 0 saturated carbocycles. The molecule has 16 heteroatoms. The van der Waals surface area contributed by atoms with Crippen molar-refractivity contribution in [2.24, 2.45) is 17.6 Å². The molecule has 0 spiro atoms. The third-order valence-corrected chi connectivity index (χ3v) is 9.56. The van der Waals surface area contributed by atoms with Crippen LogP contribution < -0.4 is 21.7 Å². The maximum Gasteiger partial charge on any atom is 0.407 e. The predicted octanol–water partition coefficient (Wildman–Crippen LogP) is 1.47. The first-order chi connectivity index (χ1) is 21.9. The van der Waals surface area contributed by atoms with Gasteiger partial charge in [0.2, 0.25) is 0 Å². The van der Waals surface area contributed by atoms with E-state index in [4.69, 9.17) is 29.5 Å². The average molecular weight is 674 g/mol. The van der Waals surface area contributed by atoms with Gasteiger partial charge < -0.3 is 45.5 Å². The molecular weight excluding hydrogens is 622 g/mol. The summed E-state index contributed by atoms with van der Waals surface area (Å²) in [7, 11) is 0. The van der Waals surface area contributed by atoms with Gasteiger partial charge in [0.1, 0.15) is 5.60 Å². The fourth-order valence-corrected chi connectivity index (χ4v) is 7.35. The summed E-state index contributed by atoms with van der Waals surface area (Å²) >= 11 is 1.78. The fourth-order valence-electron chi connectivity index (χ4n) is 5.42. The van der Waals surface area contributed by atoms with E-state index in [1.165, 1.54) is 0 Å². The van der Waals surface area contributed by atoms with Crippen molar-refractivity contribution >= 4 is 41.7 Å². The molecule has 46 heavy (non-hydrogen) atoms. The Morgan fingerprint density at radius 3 is 2.33 bits per heavy atom. The van der Waals surface area contributed by atoms with Crippen LogP contribution in [-0.2, 0) is 38.2 Å². The number of nitrogens with one attached hydrogen (secondary N) is 3. The number of imide groups is 1. The number of unbranched alkanes of at least 4 members (excludes halogenated alkanes) is 1. The molecule has 0 aromatic heterocycles. The summed E-state index contributed by atoms with van der Waals surface area (Å²) in [5.74, 6) is -2.05. The van der Waals surface area contributed by atoms with E-state index in [1.807, 2.05) is 20.8 Å². The van der Waals surface area contributed by atoms with E-state index in [9.17, 15) is 24.0 Å². The largest absolute Gasteiger partial charge is 0.444 e. The number of fused-ring (bicyclic) bond motifs is 1. The van der Waals surface area contributed by atoms with Crippen molar-refractivity contribution in [1.29, 1.82) is 0 Å². The number of ether oxygens (including phenoxy) is 4. The van der Waals surface area contributed by atoms with Crippen molar-refractivity contribution < 1.29 is 47.8 Å². The Labute approximate surface area is 275 Å². The minimum absolute atomic E-state index is 0.0215. The van der Waals surface area contributed by atoms with Crippen molar-refractivity contribution in [3.8, 4) is 0 Å². The molecule has 3 aliphatic rings. The first kappa shape index (κ1) is 37.8. The highest BCUT2D eigenvalue weighted by Crippen LogP contribution is 2.42. The van der Waals surface area contributed by atoms with Gasteiger partial charge in [-0.2, -0.15) is 11.8 Å². The third kappa shape index (κ3) is 12.2. The number of alkyl carbamates (subject to hydrolysis) is 1. The number of carbonyl (C=O) groups excluding carboxylic acids is 5. The highest BCUT2D eigenvalue weighted by molar-refractivity contribution is 8.01. The van der Waals surface area contributed by atoms with Gasteiger partial charge in [-0.1, -0.05) is 13.3 Å². The second-order valence-corrected chi connectivity index (χ2v) is 14.1. The average Bonchev–Trinajstić information content (AvgIpc) is 3.59. The number of amides is 5. The fraction of sp³-hybridized carbons (Fsp3) is 0.833. The monoisotopic (exact) mass is 673 g/mol. The van der Waals surface area contributed by atoms with Crippen LogP contribution in [-0.4, -0.2) is 116 Å². The molecule has 15 nitrogen and oxygen atoms in total. The van der Waals surface area contributed by atoms with Gasteiger partial charge >= 0.3 is 18.1 Å². The third-order valence-electron chi connectivity index (χ3n) is 7.69. The van der Waals surface area contributed by atoms with Gasteiger partial charge in [-0.3, -0.25) is 9.59 Å². The minimum atomic E-state index is -0.608. The molecule has 5 N–H and O–H groups in total. The van der Waals surface area contributed by atoms with Crippen LogP contribution in [0.25, 0.3) is 0 Å². The SMILES string of the molecule is C[C@@H]1CC(=O)N(OC(=O)CCCC[C@@H]2SC(C(CN)COCCOCCOCCCNC(=O)OC(C)(C)C)[C@@H]3NC(=O)N[C@H]23)C1=O. The highest BCUT2D eigenvalue weighted by Gasteiger charge is 2.51. The predicted molar refractivity (Wildman–Crippen MR) is 168 cm³/mol. The lowest BCUT2D eigenvalue weighted by atomic mass is 9.93. The number of carbonyl (C=O) groups is 5. The smallest absolute Gasteiger partial charge is 0.407 e. The maximum absolute atomic E-state index is 12.2. The Bertz CT molecular complexity index is 1040. The van der Waals surface area contributed by atoms with Gasteiger partial charge in [-0.05, 0) is 46.6 Å². The van der Waals surface area contributed by atoms with Crippen LogP contribution in [0.2, 0.25) is 0 Å². The summed E-state index contributed by atoms with van der Waals surface area (Å²) in [5.41, 5.74) is 5.61. The summed E-state index contributed by atoms with van der Waals surface area (Å²) in [6.45, 7) is 10.5. The Hall–Kier alpha value is -2.66. The molecule has 2 unspecified atom stereocenters. The van der Waals surface area contributed by atoms with E-state index in [0.29, 0.717) is 77.1 Å². The zero-order chi connectivity index (χ0) is 33.7. The second kappa shape index (κ2) is 18.6. The summed E-state index contributed by atoms with van der Waals surface area (Å²) in [6.07, 6.45) is 2.38. The number of hydroxylamine groups is 2. The molecule has 0 aromatic carbocycles. The lowest BCUT2D eigenvalue weighted by molar-refractivity contribution is -0.198. The van der Waals surface area contributed by atoms with Gasteiger partial charge in [0, 0.05) is 48.3 Å². The maximum atomic E-state index is 12.2. The summed E-state index contributed by atoms with van der Waals surface area (Å²) in [4.78, 5) is 64.8. The Morgan fingerprint density at radius 1 is 1.00 bits per heavy atom. The van der Waals surface area contributed by atoms with Crippen molar-refractivity contribution in [3.63, 3.8) is 0 Å². The lowest BCUT2D eigenvalue weighted by Crippen LogP contribution is -2.44. The van der Waals surface area contributed by atoms with Gasteiger partial charge in [-0.15, -0.1) is 5.06 Å². The first-order valence-corrected chi connectivity index (χ1v) is 17.0. The molecule has 262 valence electrons. The van der Waals surface area contributed by atoms with Gasteiger partial charge in [0.15, 0.2) is 0 Å². The number of nitrogens with two attached hydrogens (primary N) is 1. The summed E-state index contributed by atoms with van der Waals surface area (Å²) in [5, 5.41) is 9.54. The molecule has 3 aliphatic heterocycles. The molecule has 3 rings (SSSR count). The van der Waals surface area contributed by atoms with E-state index in [-0.39, 0.29) is 47.4 Å². The number of thioether (sulfide) groups is 1. The van der Waals surface area contributed by atoms with Crippen molar-refractivity contribution in [2.45, 2.75) is 94.4 Å². The van der Waals surface area contributed by atoms with Crippen molar-refractivity contribution in [2.75, 3.05) is 52.7 Å². The van der Waals surface area contributed by atoms with Crippen LogP contribution in [0.3, 0.4) is 0 Å². The molecule has 3 heterocycles. The van der Waals surface area contributed by atoms with Crippen molar-refractivity contribution in [1.82, 2.24) is 21.0 Å². The van der Waals surface area contributed by atoms with E-state index >= 15 is 0 Å². The zero-order valence-electron chi connectivity index (χ0n) is 27.4. The molecule has 3 fully saturated rings. The van der Waals surface area contributed by atoms with Crippen LogP contribution in [0.1, 0.15) is 66.2 Å². The molecule has 5 amide bonds. The van der Waals surface area contributed by atoms with Crippen LogP contribution >= 0.6 is 11.8 Å². The van der Waals surface area contributed by atoms with E-state index in [0.717, 1.165) is 6.42 Å². The van der Waals surface area contributed by atoms with E-state index in [2.05, 4.69) is 16.0 Å². The standard InChI is InChI=1S/C30H51N5O10S/c1-19-16-22(36)35(27(19)38)45-23(37)9-6-5-8-21-24-25(34-28(39)33-24)26(46-21)20(17-31)18-43-15-14-42-13-12-41-11-7-10-32-29(40)44-30(2,3)4/h19-21,24-26H,5-18,31H2,1-4H3,(H,32,40)(H2,33,34,39)/t19-,20?,21+,24-,25-,26?/m1/s1. The van der Waals surface area contributed by atoms with Crippen LogP contribution in [0, 0.1) is 11.8 Å². The normalized spacial score (nSPS) is 24.8. The van der Waals surface area contributed by atoms with Crippen LogP contribution in [0.5, 0.6) is 0 Å². The molecule has 6 atom stereocenters. The van der Waals surface area contributed by atoms with Crippen LogP contribution in [0.15, 0.2) is 0 Å². The molecule has 3 saturated heterocycles. The minimum Gasteiger partial charge on any atom is -0.444 e. The topological polar surface area (TPSA) is 197 Å². The lowest BCUT2D eigenvalue weighted by Gasteiger charge is -2.25. The number of rotatable bonds is 20. The van der Waals surface area contributed by atoms with E-state index in [1.54, 1.807) is 18.7 Å². The van der Waals surface area contributed by atoms with Crippen molar-refractivity contribution in [3.05, 3.63) is 0 Å². The molecule has 0 aromatic rings. The van der Waals surface area contributed by atoms with Gasteiger partial charge in [0.05, 0.1) is 45.1 Å². The Kier molecular flexibility index (Phi) is 15.3. The second-order valence-electron chi connectivity index (χ2n) is 12.7. The van der Waals surface area contributed by atoms with Gasteiger partial charge in [-0.25, -0.2) is 14.4 Å². The number of nitrogens with zero attached hydrogens (tertiary/aromatic N) is 1. The summed E-state index contributed by atoms with van der Waals surface area (Å²) in [6, 6.07) is -0.331. The number of hydrogen-bond acceptors (Lipinski definition) is 12. The molecule has 0 bridgehead atoms. The highest BCUT2D eigenvalue weighted by atomic mass is 32.2. The zero-order valence-corrected chi connectivity index (χ0v) is 28.2. The number of hydrogen-bond donors (Lipinski definition) is 4. The van der Waals surface area contributed by atoms with Crippen LogP contribution in [0.4, 0.5) is 9.59 Å². The first-order valence-electron chi connectivity index (χ1n) is 16.1. The van der Waals surface area contributed by atoms with Gasteiger partial charge in [0.25, 0.3) is 11.8 Å².